The first kappa shape index (κ1) is 19.9. The van der Waals surface area contributed by atoms with E-state index in [1.807, 2.05) is 0 Å². The van der Waals surface area contributed by atoms with Crippen molar-refractivity contribution < 1.29 is 46.6 Å². The van der Waals surface area contributed by atoms with Gasteiger partial charge in [-0.25, -0.2) is 13.4 Å². The van der Waals surface area contributed by atoms with Crippen molar-refractivity contribution in [1.82, 2.24) is 0 Å². The molecule has 1 heterocycles. The van der Waals surface area contributed by atoms with E-state index in [1.54, 1.807) is 6.92 Å². The van der Waals surface area contributed by atoms with Crippen molar-refractivity contribution >= 4 is 42.0 Å². The minimum absolute atomic E-state index is 0.0571. The normalized spacial score (nSPS) is 32.5. The lowest BCUT2D eigenvalue weighted by Crippen LogP contribution is -2.21. The van der Waals surface area contributed by atoms with Gasteiger partial charge in [-0.15, -0.1) is 0 Å². The van der Waals surface area contributed by atoms with E-state index in [1.165, 1.54) is 0 Å². The van der Waals surface area contributed by atoms with Crippen LogP contribution in [0.25, 0.3) is 0 Å². The van der Waals surface area contributed by atoms with E-state index in [4.69, 9.17) is 27.3 Å². The molecule has 15 heteroatoms. The molecular weight excluding hydrogens is 368 g/mol. The summed E-state index contributed by atoms with van der Waals surface area (Å²) in [6, 6.07) is -0.533. The van der Waals surface area contributed by atoms with Gasteiger partial charge in [-0.05, 0) is 24.1 Å². The maximum absolute atomic E-state index is 11.5. The van der Waals surface area contributed by atoms with Crippen LogP contribution in [-0.4, -0.2) is 46.1 Å². The maximum Gasteiger partial charge on any atom is 0.488 e. The van der Waals surface area contributed by atoms with Crippen LogP contribution in [0.3, 0.4) is 0 Å². The Morgan fingerprint density at radius 2 is 1.81 bits per heavy atom. The third-order valence-electron chi connectivity index (χ3n) is 2.41. The number of rotatable bonds is 7. The Labute approximate surface area is 127 Å². The fraction of sp³-hybridized carbons (Fsp3) is 1.00. The second-order valence-corrected chi connectivity index (χ2v) is 10.2. The molecule has 1 rings (SSSR count). The predicted octanol–water partition coefficient (Wildman–Crippen LogP) is 0.366. The van der Waals surface area contributed by atoms with Crippen molar-refractivity contribution in [2.24, 2.45) is 5.92 Å². The van der Waals surface area contributed by atoms with Crippen molar-refractivity contribution in [3.05, 3.63) is 0 Å². The summed E-state index contributed by atoms with van der Waals surface area (Å²) in [5.74, 6) is -0.0571. The summed E-state index contributed by atoms with van der Waals surface area (Å²) < 4.78 is 40.0. The summed E-state index contributed by atoms with van der Waals surface area (Å²) in [5, 5.41) is 0. The molecule has 0 aliphatic carbocycles. The highest BCUT2D eigenvalue weighted by atomic mass is 32.5. The lowest BCUT2D eigenvalue weighted by atomic mass is 9.92. The third-order valence-corrected chi connectivity index (χ3v) is 6.81. The molecule has 0 saturated carbocycles. The zero-order chi connectivity index (χ0) is 16.5. The molecule has 4 N–H and O–H groups in total. The largest absolute Gasteiger partial charge is 0.488 e. The van der Waals surface area contributed by atoms with Gasteiger partial charge in [0.15, 0.2) is 0 Å². The number of phosphoric ester groups is 1. The summed E-state index contributed by atoms with van der Waals surface area (Å²) in [7, 11) is -4.77. The Bertz CT molecular complexity index is 509. The van der Waals surface area contributed by atoms with Crippen LogP contribution in [0.15, 0.2) is 0 Å². The predicted molar refractivity (Wildman–Crippen MR) is 74.7 cm³/mol. The molecule has 1 fully saturated rings. The van der Waals surface area contributed by atoms with Crippen LogP contribution in [0.2, 0.25) is 0 Å². The van der Waals surface area contributed by atoms with E-state index in [0.29, 0.717) is 6.42 Å². The Morgan fingerprint density at radius 1 is 1.24 bits per heavy atom. The van der Waals surface area contributed by atoms with Crippen molar-refractivity contribution in [2.75, 3.05) is 6.61 Å². The van der Waals surface area contributed by atoms with Gasteiger partial charge < -0.3 is 24.3 Å². The van der Waals surface area contributed by atoms with E-state index in [0.717, 1.165) is 0 Å². The summed E-state index contributed by atoms with van der Waals surface area (Å²) in [4.78, 5) is 35.8. The van der Waals surface area contributed by atoms with Gasteiger partial charge in [0.05, 0.1) is 12.7 Å². The number of hydrogen-bond donors (Lipinski definition) is 4. The van der Waals surface area contributed by atoms with Crippen LogP contribution in [0, 0.1) is 5.92 Å². The van der Waals surface area contributed by atoms with E-state index in [2.05, 4.69) is 25.0 Å². The Kier molecular flexibility index (Phi) is 6.80. The van der Waals surface area contributed by atoms with Crippen LogP contribution < -0.4 is 0 Å². The second-order valence-electron chi connectivity index (χ2n) is 4.31. The minimum Gasteiger partial charge on any atom is -0.382 e. The van der Waals surface area contributed by atoms with Gasteiger partial charge in [-0.3, -0.25) is 4.52 Å². The zero-order valence-electron chi connectivity index (χ0n) is 10.7. The van der Waals surface area contributed by atoms with E-state index >= 15 is 0 Å². The lowest BCUT2D eigenvalue weighted by Gasteiger charge is -2.20. The fourth-order valence-electron chi connectivity index (χ4n) is 1.61. The van der Waals surface area contributed by atoms with Crippen LogP contribution in [0.1, 0.15) is 13.3 Å². The molecule has 0 aromatic carbocycles. The van der Waals surface area contributed by atoms with Crippen LogP contribution >= 0.6 is 22.4 Å². The van der Waals surface area contributed by atoms with Gasteiger partial charge in [-0.2, -0.15) is 4.31 Å². The van der Waals surface area contributed by atoms with Crippen LogP contribution in [0.4, 0.5) is 0 Å². The van der Waals surface area contributed by atoms with Crippen molar-refractivity contribution in [1.29, 1.82) is 0 Å². The van der Waals surface area contributed by atoms with Crippen molar-refractivity contribution in [2.45, 2.75) is 25.5 Å². The molecule has 0 spiro atoms. The van der Waals surface area contributed by atoms with E-state index in [-0.39, 0.29) is 5.92 Å². The van der Waals surface area contributed by atoms with Crippen LogP contribution in [0.5, 0.6) is 0 Å². The maximum atomic E-state index is 11.5. The second kappa shape index (κ2) is 7.17. The monoisotopic (exact) mass is 382 g/mol. The average molecular weight is 382 g/mol. The summed E-state index contributed by atoms with van der Waals surface area (Å²) in [6.07, 6.45) is -0.0752. The summed E-state index contributed by atoms with van der Waals surface area (Å²) in [5.41, 5.74) is 0. The Balaban J connectivity index is 2.56. The number of hydrogen-bond acceptors (Lipinski definition) is 7. The van der Waals surface area contributed by atoms with E-state index < -0.39 is 41.1 Å². The molecule has 1 aliphatic rings. The van der Waals surface area contributed by atoms with Crippen LogP contribution in [-0.2, 0) is 38.8 Å². The van der Waals surface area contributed by atoms with E-state index in [9.17, 15) is 14.0 Å². The first-order chi connectivity index (χ1) is 9.30. The van der Waals surface area contributed by atoms with Gasteiger partial charge in [-0.1, -0.05) is 6.92 Å². The van der Waals surface area contributed by atoms with Gasteiger partial charge in [0, 0.05) is 6.00 Å². The molecule has 10 nitrogen and oxygen atoms in total. The smallest absolute Gasteiger partial charge is 0.382 e. The molecule has 0 bridgehead atoms. The molecule has 122 valence electrons. The number of phosphoric acid groups is 2. The lowest BCUT2D eigenvalue weighted by molar-refractivity contribution is 0.0272. The highest BCUT2D eigenvalue weighted by Crippen LogP contribution is 2.66. The van der Waals surface area contributed by atoms with Gasteiger partial charge in [0.1, 0.15) is 7.85 Å². The zero-order valence-corrected chi connectivity index (χ0v) is 14.2. The van der Waals surface area contributed by atoms with Crippen molar-refractivity contribution in [3.8, 4) is 0 Å². The van der Waals surface area contributed by atoms with Gasteiger partial charge >= 0.3 is 22.4 Å². The molecule has 2 radical (unpaired) electrons. The topological polar surface area (TPSA) is 152 Å². The van der Waals surface area contributed by atoms with Gasteiger partial charge in [0.2, 0.25) is 0 Å². The number of ether oxygens (including phenoxy) is 1. The molecular formula is C6H14BO10P3S. The highest BCUT2D eigenvalue weighted by molar-refractivity contribution is 8.08. The van der Waals surface area contributed by atoms with Gasteiger partial charge in [0.25, 0.3) is 0 Å². The molecule has 0 aromatic rings. The average Bonchev–Trinajstić information content (AvgIpc) is 2.48. The molecule has 5 atom stereocenters. The SMILES string of the molecule is [B]C1CC(C)C(COP(=O)(O)OP(=O)(O)OP(O)(O)=S)O1. The summed E-state index contributed by atoms with van der Waals surface area (Å²) in [6.45, 7) is -3.21. The molecule has 5 unspecified atom stereocenters. The molecule has 1 saturated heterocycles. The standard InChI is InChI=1S/C6H14BO10P3S/c1-4-2-6(7)15-5(4)3-14-18(8,9)16-19(10,11)17-20(12,13)21/h4-6H,2-3H2,1H3,(H,8,9)(H,10,11)(H2,12,13,21). The first-order valence-electron chi connectivity index (χ1n) is 5.49. The Morgan fingerprint density at radius 3 is 2.24 bits per heavy atom. The van der Waals surface area contributed by atoms with Crippen molar-refractivity contribution in [3.63, 3.8) is 0 Å². The molecule has 1 aliphatic heterocycles. The Hall–Kier alpha value is 0.855. The summed E-state index contributed by atoms with van der Waals surface area (Å²) >= 11 is 3.94. The highest BCUT2D eigenvalue weighted by Gasteiger charge is 2.40. The first-order valence-corrected chi connectivity index (χ1v) is 11.1. The molecule has 0 aromatic heterocycles. The quantitative estimate of drug-likeness (QED) is 0.357. The third kappa shape index (κ3) is 7.79. The minimum atomic E-state index is -5.28. The molecule has 21 heavy (non-hydrogen) atoms. The molecule has 0 amide bonds. The fourth-order valence-corrected chi connectivity index (χ4v) is 5.39.